The lowest BCUT2D eigenvalue weighted by Crippen LogP contribution is -2.23. The second-order valence-corrected chi connectivity index (χ2v) is 6.72. The van der Waals surface area contributed by atoms with E-state index in [4.69, 9.17) is 0 Å². The van der Waals surface area contributed by atoms with E-state index in [2.05, 4.69) is 40.1 Å². The topological polar surface area (TPSA) is 24.9 Å². The Labute approximate surface area is 131 Å². The van der Waals surface area contributed by atoms with Crippen molar-refractivity contribution in [2.24, 2.45) is 0 Å². The van der Waals surface area contributed by atoms with Gasteiger partial charge in [0.25, 0.3) is 0 Å². The summed E-state index contributed by atoms with van der Waals surface area (Å²) < 4.78 is 15.0. The van der Waals surface area contributed by atoms with Gasteiger partial charge in [0.15, 0.2) is 0 Å². The summed E-state index contributed by atoms with van der Waals surface area (Å²) in [7, 11) is 0. The number of thiazole rings is 1. The first-order chi connectivity index (χ1) is 9.56. The Kier molecular flexibility index (Phi) is 5.29. The van der Waals surface area contributed by atoms with Crippen LogP contribution in [0.1, 0.15) is 41.0 Å². The highest BCUT2D eigenvalue weighted by Crippen LogP contribution is 2.31. The van der Waals surface area contributed by atoms with Crippen LogP contribution in [0.4, 0.5) is 4.39 Å². The molecule has 0 amide bonds. The lowest BCUT2D eigenvalue weighted by molar-refractivity contribution is 0.556. The normalized spacial score (nSPS) is 12.7. The highest BCUT2D eigenvalue weighted by atomic mass is 79.9. The number of hydrogen-bond donors (Lipinski definition) is 1. The van der Waals surface area contributed by atoms with Crippen molar-refractivity contribution in [1.29, 1.82) is 0 Å². The van der Waals surface area contributed by atoms with E-state index in [9.17, 15) is 4.39 Å². The Morgan fingerprint density at radius 1 is 1.40 bits per heavy atom. The summed E-state index contributed by atoms with van der Waals surface area (Å²) in [6.45, 7) is 6.94. The molecule has 1 aromatic heterocycles. The number of rotatable bonds is 5. The molecule has 0 spiro atoms. The van der Waals surface area contributed by atoms with Crippen LogP contribution in [0.15, 0.2) is 22.7 Å². The van der Waals surface area contributed by atoms with Gasteiger partial charge in [-0.25, -0.2) is 9.37 Å². The highest BCUT2D eigenvalue weighted by Gasteiger charge is 2.21. The third kappa shape index (κ3) is 3.27. The third-order valence-corrected chi connectivity index (χ3v) is 4.74. The van der Waals surface area contributed by atoms with Crippen LogP contribution in [-0.2, 0) is 6.42 Å². The molecule has 0 bridgehead atoms. The second kappa shape index (κ2) is 6.78. The van der Waals surface area contributed by atoms with E-state index in [1.807, 2.05) is 13.0 Å². The van der Waals surface area contributed by atoms with Gasteiger partial charge in [-0.1, -0.05) is 29.8 Å². The van der Waals surface area contributed by atoms with Gasteiger partial charge in [0, 0.05) is 14.9 Å². The molecule has 0 radical (unpaired) electrons. The fourth-order valence-electron chi connectivity index (χ4n) is 2.17. The third-order valence-electron chi connectivity index (χ3n) is 3.17. The van der Waals surface area contributed by atoms with Crippen molar-refractivity contribution in [2.75, 3.05) is 6.54 Å². The Hall–Kier alpha value is -0.780. The molecule has 20 heavy (non-hydrogen) atoms. The van der Waals surface area contributed by atoms with E-state index >= 15 is 0 Å². The number of aromatic nitrogens is 1. The molecule has 0 saturated heterocycles. The van der Waals surface area contributed by atoms with Crippen molar-refractivity contribution in [1.82, 2.24) is 10.3 Å². The first kappa shape index (κ1) is 15.6. The minimum Gasteiger partial charge on any atom is -0.304 e. The largest absolute Gasteiger partial charge is 0.304 e. The molecule has 1 heterocycles. The summed E-state index contributed by atoms with van der Waals surface area (Å²) >= 11 is 5.05. The van der Waals surface area contributed by atoms with Crippen LogP contribution in [0, 0.1) is 12.7 Å². The molecule has 5 heteroatoms. The van der Waals surface area contributed by atoms with Crippen molar-refractivity contribution in [2.45, 2.75) is 33.2 Å². The summed E-state index contributed by atoms with van der Waals surface area (Å²) in [5.74, 6) is -0.204. The molecule has 2 rings (SSSR count). The van der Waals surface area contributed by atoms with Crippen LogP contribution < -0.4 is 5.32 Å². The van der Waals surface area contributed by atoms with Gasteiger partial charge in [0.2, 0.25) is 0 Å². The predicted molar refractivity (Wildman–Crippen MR) is 85.8 cm³/mol. The quantitative estimate of drug-likeness (QED) is 0.845. The summed E-state index contributed by atoms with van der Waals surface area (Å²) in [5.41, 5.74) is 1.74. The van der Waals surface area contributed by atoms with Crippen LogP contribution >= 0.6 is 27.3 Å². The molecule has 1 N–H and O–H groups in total. The Bertz CT molecular complexity index is 598. The molecule has 2 aromatic rings. The van der Waals surface area contributed by atoms with Crippen molar-refractivity contribution in [3.63, 3.8) is 0 Å². The second-order valence-electron chi connectivity index (χ2n) is 4.57. The van der Waals surface area contributed by atoms with Crippen LogP contribution in [0.5, 0.6) is 0 Å². The molecule has 2 nitrogen and oxygen atoms in total. The average Bonchev–Trinajstić information content (AvgIpc) is 2.80. The Morgan fingerprint density at radius 2 is 2.15 bits per heavy atom. The van der Waals surface area contributed by atoms with Gasteiger partial charge >= 0.3 is 0 Å². The van der Waals surface area contributed by atoms with Gasteiger partial charge in [-0.2, -0.15) is 0 Å². The standard InChI is InChI=1S/C15H18BrFN2S/c1-4-13-9(3)20-15(19-13)14(18-5-2)11-8-10(16)6-7-12(11)17/h6-8,14,18H,4-5H2,1-3H3. The highest BCUT2D eigenvalue weighted by molar-refractivity contribution is 9.10. The summed E-state index contributed by atoms with van der Waals surface area (Å²) in [6.07, 6.45) is 0.905. The van der Waals surface area contributed by atoms with Crippen LogP contribution in [-0.4, -0.2) is 11.5 Å². The SMILES string of the molecule is CCNC(c1nc(CC)c(C)s1)c1cc(Br)ccc1F. The number of nitrogens with zero attached hydrogens (tertiary/aromatic N) is 1. The summed E-state index contributed by atoms with van der Waals surface area (Å²) in [6, 6.07) is 4.84. The van der Waals surface area contributed by atoms with E-state index in [0.29, 0.717) is 5.56 Å². The molecule has 0 aliphatic heterocycles. The smallest absolute Gasteiger partial charge is 0.128 e. The lowest BCUT2D eigenvalue weighted by atomic mass is 10.1. The van der Waals surface area contributed by atoms with E-state index in [-0.39, 0.29) is 11.9 Å². The van der Waals surface area contributed by atoms with Crippen molar-refractivity contribution >= 4 is 27.3 Å². The lowest BCUT2D eigenvalue weighted by Gasteiger charge is -2.17. The molecule has 1 atom stereocenters. The number of hydrogen-bond acceptors (Lipinski definition) is 3. The number of aryl methyl sites for hydroxylation is 2. The fraction of sp³-hybridized carbons (Fsp3) is 0.400. The molecule has 0 fully saturated rings. The summed E-state index contributed by atoms with van der Waals surface area (Å²) in [5, 5.41) is 4.26. The Morgan fingerprint density at radius 3 is 2.75 bits per heavy atom. The predicted octanol–water partition coefficient (Wildman–Crippen LogP) is 4.61. The van der Waals surface area contributed by atoms with Gasteiger partial charge in [0.05, 0.1) is 11.7 Å². The van der Waals surface area contributed by atoms with E-state index in [0.717, 1.165) is 28.1 Å². The minimum absolute atomic E-state index is 0.193. The molecular formula is C15H18BrFN2S. The van der Waals surface area contributed by atoms with Gasteiger partial charge in [0.1, 0.15) is 10.8 Å². The fourth-order valence-corrected chi connectivity index (χ4v) is 3.66. The Balaban J connectivity index is 2.46. The van der Waals surface area contributed by atoms with Crippen LogP contribution in [0.2, 0.25) is 0 Å². The van der Waals surface area contributed by atoms with Crippen LogP contribution in [0.25, 0.3) is 0 Å². The zero-order chi connectivity index (χ0) is 14.7. The molecule has 1 aromatic carbocycles. The molecular weight excluding hydrogens is 339 g/mol. The first-order valence-electron chi connectivity index (χ1n) is 6.71. The van der Waals surface area contributed by atoms with E-state index in [1.165, 1.54) is 10.9 Å². The van der Waals surface area contributed by atoms with Crippen molar-refractivity contribution in [3.05, 3.63) is 49.6 Å². The maximum atomic E-state index is 14.1. The zero-order valence-electron chi connectivity index (χ0n) is 11.8. The van der Waals surface area contributed by atoms with Gasteiger partial charge in [-0.3, -0.25) is 0 Å². The van der Waals surface area contributed by atoms with Gasteiger partial charge < -0.3 is 5.32 Å². The number of benzene rings is 1. The number of halogens is 2. The van der Waals surface area contributed by atoms with Gasteiger partial charge in [-0.05, 0) is 38.1 Å². The summed E-state index contributed by atoms with van der Waals surface area (Å²) in [4.78, 5) is 5.88. The molecule has 0 saturated carbocycles. The molecule has 0 aliphatic carbocycles. The molecule has 0 aliphatic rings. The molecule has 1 unspecified atom stereocenters. The average molecular weight is 357 g/mol. The maximum Gasteiger partial charge on any atom is 0.128 e. The van der Waals surface area contributed by atoms with Crippen molar-refractivity contribution in [3.8, 4) is 0 Å². The van der Waals surface area contributed by atoms with Crippen molar-refractivity contribution < 1.29 is 4.39 Å². The van der Waals surface area contributed by atoms with Gasteiger partial charge in [-0.15, -0.1) is 11.3 Å². The number of nitrogens with one attached hydrogen (secondary N) is 1. The monoisotopic (exact) mass is 356 g/mol. The molecule has 108 valence electrons. The first-order valence-corrected chi connectivity index (χ1v) is 8.32. The minimum atomic E-state index is -0.204. The van der Waals surface area contributed by atoms with Crippen LogP contribution in [0.3, 0.4) is 0 Å². The zero-order valence-corrected chi connectivity index (χ0v) is 14.2. The van der Waals surface area contributed by atoms with E-state index < -0.39 is 0 Å². The maximum absolute atomic E-state index is 14.1. The van der Waals surface area contributed by atoms with E-state index in [1.54, 1.807) is 17.4 Å².